The molecule has 0 saturated carbocycles. The summed E-state index contributed by atoms with van der Waals surface area (Å²) in [5.74, 6) is -0.550. The predicted octanol–water partition coefficient (Wildman–Crippen LogP) is 1.36. The van der Waals surface area contributed by atoms with E-state index in [0.717, 1.165) is 31.5 Å². The molecule has 2 aliphatic heterocycles. The molecule has 25 heavy (non-hydrogen) atoms. The van der Waals surface area contributed by atoms with E-state index in [9.17, 15) is 18.0 Å². The van der Waals surface area contributed by atoms with Crippen LogP contribution in [0.15, 0.2) is 24.3 Å². The molecule has 2 amide bonds. The molecule has 2 heterocycles. The molecule has 0 bridgehead atoms. The number of benzene rings is 1. The van der Waals surface area contributed by atoms with Gasteiger partial charge in [0, 0.05) is 25.2 Å². The molecule has 1 N–H and O–H groups in total. The number of piperidine rings is 1. The molecular weight excluding hydrogens is 340 g/mol. The van der Waals surface area contributed by atoms with Crippen molar-refractivity contribution in [2.24, 2.45) is 5.92 Å². The van der Waals surface area contributed by atoms with Crippen molar-refractivity contribution in [3.63, 3.8) is 0 Å². The SMILES string of the molecule is O=C(NCc1ccc(C(=O)N2CCCCC2)cc1)C1CCS(=O)(=O)C1. The standard InChI is InChI=1S/C18H24N2O4S/c21-17(16-8-11-25(23,24)13-16)19-12-14-4-6-15(7-5-14)18(22)20-9-2-1-3-10-20/h4-7,16H,1-3,8-13H2,(H,19,21). The van der Waals surface area contributed by atoms with Crippen molar-refractivity contribution in [3.05, 3.63) is 35.4 Å². The number of amides is 2. The van der Waals surface area contributed by atoms with Crippen LogP contribution in [0.4, 0.5) is 0 Å². The second kappa shape index (κ2) is 7.56. The summed E-state index contributed by atoms with van der Waals surface area (Å²) in [5, 5.41) is 2.79. The number of hydrogen-bond donors (Lipinski definition) is 1. The summed E-state index contributed by atoms with van der Waals surface area (Å²) in [7, 11) is -3.05. The van der Waals surface area contributed by atoms with E-state index in [0.29, 0.717) is 18.5 Å². The Hall–Kier alpha value is -1.89. The second-order valence-electron chi connectivity index (χ2n) is 6.87. The number of nitrogens with one attached hydrogen (secondary N) is 1. The summed E-state index contributed by atoms with van der Waals surface area (Å²) in [6.07, 6.45) is 3.71. The van der Waals surface area contributed by atoms with Crippen molar-refractivity contribution in [2.75, 3.05) is 24.6 Å². The van der Waals surface area contributed by atoms with E-state index in [4.69, 9.17) is 0 Å². The van der Waals surface area contributed by atoms with E-state index in [-0.39, 0.29) is 23.3 Å². The van der Waals surface area contributed by atoms with Gasteiger partial charge in [0.2, 0.25) is 5.91 Å². The Kier molecular flexibility index (Phi) is 5.42. The third kappa shape index (κ3) is 4.60. The average Bonchev–Trinajstić information content (AvgIpc) is 3.00. The van der Waals surface area contributed by atoms with E-state index in [1.165, 1.54) is 6.42 Å². The Balaban J connectivity index is 1.52. The van der Waals surface area contributed by atoms with Gasteiger partial charge in [0.05, 0.1) is 17.4 Å². The highest BCUT2D eigenvalue weighted by Gasteiger charge is 2.32. The molecule has 3 rings (SSSR count). The first-order chi connectivity index (χ1) is 11.9. The van der Waals surface area contributed by atoms with Crippen LogP contribution in [-0.4, -0.2) is 49.7 Å². The number of carbonyl (C=O) groups excluding carboxylic acids is 2. The maximum Gasteiger partial charge on any atom is 0.253 e. The number of nitrogens with zero attached hydrogens (tertiary/aromatic N) is 1. The van der Waals surface area contributed by atoms with Crippen LogP contribution in [0.25, 0.3) is 0 Å². The average molecular weight is 364 g/mol. The highest BCUT2D eigenvalue weighted by atomic mass is 32.2. The lowest BCUT2D eigenvalue weighted by molar-refractivity contribution is -0.124. The topological polar surface area (TPSA) is 83.6 Å². The van der Waals surface area contributed by atoms with Crippen LogP contribution >= 0.6 is 0 Å². The van der Waals surface area contributed by atoms with Crippen molar-refractivity contribution in [1.82, 2.24) is 10.2 Å². The van der Waals surface area contributed by atoms with Crippen LogP contribution in [0, 0.1) is 5.92 Å². The van der Waals surface area contributed by atoms with Gasteiger partial charge in [-0.2, -0.15) is 0 Å². The summed E-state index contributed by atoms with van der Waals surface area (Å²) in [5.41, 5.74) is 1.56. The zero-order chi connectivity index (χ0) is 17.9. The fourth-order valence-corrected chi connectivity index (χ4v) is 5.12. The van der Waals surface area contributed by atoms with Gasteiger partial charge in [0.25, 0.3) is 5.91 Å². The summed E-state index contributed by atoms with van der Waals surface area (Å²) in [4.78, 5) is 26.4. The normalized spacial score (nSPS) is 22.6. The molecule has 0 spiro atoms. The number of hydrogen-bond acceptors (Lipinski definition) is 4. The Bertz CT molecular complexity index is 737. The second-order valence-corrected chi connectivity index (χ2v) is 9.10. The van der Waals surface area contributed by atoms with Gasteiger partial charge in [0.15, 0.2) is 9.84 Å². The molecule has 1 aromatic carbocycles. The maximum absolute atomic E-state index is 12.4. The number of likely N-dealkylation sites (tertiary alicyclic amines) is 1. The van der Waals surface area contributed by atoms with E-state index < -0.39 is 15.8 Å². The zero-order valence-electron chi connectivity index (χ0n) is 14.2. The maximum atomic E-state index is 12.4. The number of rotatable bonds is 4. The zero-order valence-corrected chi connectivity index (χ0v) is 15.1. The number of carbonyl (C=O) groups is 2. The monoisotopic (exact) mass is 364 g/mol. The van der Waals surface area contributed by atoms with Crippen LogP contribution in [0.3, 0.4) is 0 Å². The molecule has 0 aromatic heterocycles. The first-order valence-corrected chi connectivity index (χ1v) is 10.6. The van der Waals surface area contributed by atoms with Gasteiger partial charge in [-0.15, -0.1) is 0 Å². The minimum atomic E-state index is -3.05. The lowest BCUT2D eigenvalue weighted by Gasteiger charge is -2.26. The van der Waals surface area contributed by atoms with Crippen LogP contribution in [0.2, 0.25) is 0 Å². The van der Waals surface area contributed by atoms with Crippen molar-refractivity contribution in [3.8, 4) is 0 Å². The van der Waals surface area contributed by atoms with Gasteiger partial charge >= 0.3 is 0 Å². The molecule has 1 unspecified atom stereocenters. The van der Waals surface area contributed by atoms with Gasteiger partial charge in [-0.3, -0.25) is 9.59 Å². The Morgan fingerprint density at radius 3 is 2.36 bits per heavy atom. The molecule has 7 heteroatoms. The van der Waals surface area contributed by atoms with E-state index in [2.05, 4.69) is 5.32 Å². The molecule has 0 aliphatic carbocycles. The van der Waals surface area contributed by atoms with Crippen LogP contribution in [0.1, 0.15) is 41.6 Å². The molecule has 2 aliphatic rings. The van der Waals surface area contributed by atoms with Gasteiger partial charge in [-0.25, -0.2) is 8.42 Å². The van der Waals surface area contributed by atoms with Crippen molar-refractivity contribution < 1.29 is 18.0 Å². The molecular formula is C18H24N2O4S. The van der Waals surface area contributed by atoms with E-state index >= 15 is 0 Å². The largest absolute Gasteiger partial charge is 0.352 e. The minimum absolute atomic E-state index is 0.0535. The smallest absolute Gasteiger partial charge is 0.253 e. The van der Waals surface area contributed by atoms with Crippen molar-refractivity contribution >= 4 is 21.7 Å². The third-order valence-corrected chi connectivity index (χ3v) is 6.68. The van der Waals surface area contributed by atoms with Crippen molar-refractivity contribution in [2.45, 2.75) is 32.2 Å². The van der Waals surface area contributed by atoms with E-state index in [1.807, 2.05) is 17.0 Å². The molecule has 1 atom stereocenters. The third-order valence-electron chi connectivity index (χ3n) is 4.91. The lowest BCUT2D eigenvalue weighted by Crippen LogP contribution is -2.35. The quantitative estimate of drug-likeness (QED) is 0.874. The summed E-state index contributed by atoms with van der Waals surface area (Å²) < 4.78 is 22.9. The summed E-state index contributed by atoms with van der Waals surface area (Å²) in [6, 6.07) is 7.25. The van der Waals surface area contributed by atoms with Gasteiger partial charge in [-0.1, -0.05) is 12.1 Å². The Morgan fingerprint density at radius 2 is 1.76 bits per heavy atom. The van der Waals surface area contributed by atoms with Gasteiger partial charge < -0.3 is 10.2 Å². The van der Waals surface area contributed by atoms with E-state index in [1.54, 1.807) is 12.1 Å². The molecule has 6 nitrogen and oxygen atoms in total. The highest BCUT2D eigenvalue weighted by Crippen LogP contribution is 2.19. The van der Waals surface area contributed by atoms with Gasteiger partial charge in [0.1, 0.15) is 0 Å². The number of sulfone groups is 1. The molecule has 2 fully saturated rings. The summed E-state index contributed by atoms with van der Waals surface area (Å²) >= 11 is 0. The molecule has 2 saturated heterocycles. The predicted molar refractivity (Wildman–Crippen MR) is 94.8 cm³/mol. The lowest BCUT2D eigenvalue weighted by atomic mass is 10.1. The first kappa shape index (κ1) is 17.9. The minimum Gasteiger partial charge on any atom is -0.352 e. The molecule has 1 aromatic rings. The van der Waals surface area contributed by atoms with Gasteiger partial charge in [-0.05, 0) is 43.4 Å². The van der Waals surface area contributed by atoms with Crippen LogP contribution in [0.5, 0.6) is 0 Å². The fourth-order valence-electron chi connectivity index (χ4n) is 3.38. The Labute approximate surface area is 148 Å². The van der Waals surface area contributed by atoms with Crippen molar-refractivity contribution in [1.29, 1.82) is 0 Å². The Morgan fingerprint density at radius 1 is 1.08 bits per heavy atom. The summed E-state index contributed by atoms with van der Waals surface area (Å²) in [6.45, 7) is 1.98. The molecule has 136 valence electrons. The molecule has 0 radical (unpaired) electrons. The highest BCUT2D eigenvalue weighted by molar-refractivity contribution is 7.91. The van der Waals surface area contributed by atoms with Crippen LogP contribution in [-0.2, 0) is 21.2 Å². The van der Waals surface area contributed by atoms with Crippen LogP contribution < -0.4 is 5.32 Å². The first-order valence-electron chi connectivity index (χ1n) is 8.81. The fraction of sp³-hybridized carbons (Fsp3) is 0.556.